The van der Waals surface area contributed by atoms with Crippen LogP contribution in [0.3, 0.4) is 0 Å². The van der Waals surface area contributed by atoms with Gasteiger partial charge in [-0.1, -0.05) is 38.0 Å². The van der Waals surface area contributed by atoms with Gasteiger partial charge in [0, 0.05) is 36.2 Å². The molecule has 1 saturated carbocycles. The van der Waals surface area contributed by atoms with Gasteiger partial charge in [0.1, 0.15) is 6.54 Å². The molecule has 1 heterocycles. The number of nitrogens with zero attached hydrogens (tertiary/aromatic N) is 2. The van der Waals surface area contributed by atoms with Crippen LogP contribution in [0.4, 0.5) is 0 Å². The summed E-state index contributed by atoms with van der Waals surface area (Å²) in [4.78, 5) is 40.0. The minimum Gasteiger partial charge on any atom is -0.346 e. The van der Waals surface area contributed by atoms with E-state index in [2.05, 4.69) is 12.2 Å². The van der Waals surface area contributed by atoms with E-state index in [0.29, 0.717) is 30.0 Å². The van der Waals surface area contributed by atoms with E-state index in [1.54, 1.807) is 15.7 Å². The summed E-state index contributed by atoms with van der Waals surface area (Å²) >= 11 is 0. The Morgan fingerprint density at radius 1 is 1.10 bits per heavy atom. The molecule has 1 N–H and O–H groups in total. The molecule has 0 radical (unpaired) electrons. The van der Waals surface area contributed by atoms with Crippen LogP contribution in [0.2, 0.25) is 0 Å². The van der Waals surface area contributed by atoms with Crippen molar-refractivity contribution in [1.82, 2.24) is 14.8 Å². The zero-order valence-corrected chi connectivity index (χ0v) is 17.6. The van der Waals surface area contributed by atoms with Crippen LogP contribution in [0.15, 0.2) is 30.5 Å². The van der Waals surface area contributed by atoms with Crippen molar-refractivity contribution >= 4 is 28.5 Å². The van der Waals surface area contributed by atoms with E-state index in [1.165, 1.54) is 6.42 Å². The Morgan fingerprint density at radius 3 is 2.48 bits per heavy atom. The van der Waals surface area contributed by atoms with E-state index < -0.39 is 11.7 Å². The van der Waals surface area contributed by atoms with Crippen molar-refractivity contribution in [3.05, 3.63) is 36.0 Å². The predicted molar refractivity (Wildman–Crippen MR) is 114 cm³/mol. The van der Waals surface area contributed by atoms with Crippen molar-refractivity contribution in [2.24, 2.45) is 5.92 Å². The summed E-state index contributed by atoms with van der Waals surface area (Å²) in [5.74, 6) is -0.710. The Bertz CT molecular complexity index is 898. The van der Waals surface area contributed by atoms with Gasteiger partial charge in [0.25, 0.3) is 11.7 Å². The molecular weight excluding hydrogens is 366 g/mol. The summed E-state index contributed by atoms with van der Waals surface area (Å²) in [5.41, 5.74) is 1.14. The largest absolute Gasteiger partial charge is 0.346 e. The van der Waals surface area contributed by atoms with Crippen molar-refractivity contribution in [3.63, 3.8) is 0 Å². The maximum atomic E-state index is 13.0. The van der Waals surface area contributed by atoms with Gasteiger partial charge in [-0.05, 0) is 38.7 Å². The number of carbonyl (C=O) groups excluding carboxylic acids is 3. The molecule has 0 aliphatic heterocycles. The molecule has 0 unspecified atom stereocenters. The van der Waals surface area contributed by atoms with Gasteiger partial charge in [-0.3, -0.25) is 14.4 Å². The van der Waals surface area contributed by atoms with Gasteiger partial charge >= 0.3 is 0 Å². The summed E-state index contributed by atoms with van der Waals surface area (Å²) < 4.78 is 1.78. The monoisotopic (exact) mass is 397 g/mol. The quantitative estimate of drug-likeness (QED) is 0.575. The molecule has 2 amide bonds. The topological polar surface area (TPSA) is 71.4 Å². The van der Waals surface area contributed by atoms with Gasteiger partial charge < -0.3 is 14.8 Å². The lowest BCUT2D eigenvalue weighted by Gasteiger charge is -2.29. The highest BCUT2D eigenvalue weighted by atomic mass is 16.2. The zero-order chi connectivity index (χ0) is 21.0. The summed E-state index contributed by atoms with van der Waals surface area (Å²) in [6, 6.07) is 7.48. The predicted octanol–water partition coefficient (Wildman–Crippen LogP) is 3.39. The molecule has 2 aromatic rings. The van der Waals surface area contributed by atoms with Crippen molar-refractivity contribution in [2.75, 3.05) is 13.1 Å². The number of hydrogen-bond acceptors (Lipinski definition) is 3. The van der Waals surface area contributed by atoms with E-state index in [0.717, 1.165) is 24.8 Å². The number of para-hydroxylation sites is 1. The second-order valence-electron chi connectivity index (χ2n) is 7.92. The van der Waals surface area contributed by atoms with Crippen molar-refractivity contribution in [2.45, 2.75) is 59.0 Å². The van der Waals surface area contributed by atoms with Crippen LogP contribution < -0.4 is 5.32 Å². The molecule has 1 aromatic carbocycles. The van der Waals surface area contributed by atoms with Crippen LogP contribution >= 0.6 is 0 Å². The van der Waals surface area contributed by atoms with Crippen LogP contribution in [-0.2, 0) is 16.1 Å². The van der Waals surface area contributed by atoms with Crippen molar-refractivity contribution < 1.29 is 14.4 Å². The molecule has 0 saturated heterocycles. The molecule has 1 fully saturated rings. The molecule has 6 nitrogen and oxygen atoms in total. The maximum absolute atomic E-state index is 13.0. The number of aromatic nitrogens is 1. The minimum absolute atomic E-state index is 0.00441. The Kier molecular flexibility index (Phi) is 6.72. The molecule has 1 aromatic heterocycles. The normalized spacial score (nSPS) is 19.1. The number of benzene rings is 1. The molecule has 0 bridgehead atoms. The average molecular weight is 398 g/mol. The Balaban J connectivity index is 1.84. The van der Waals surface area contributed by atoms with Crippen LogP contribution in [0, 0.1) is 5.92 Å². The standard InChI is InChI=1S/C23H31N3O3/c1-4-25(5-2)21(27)15-26-14-18(17-11-7-9-13-20(17)26)22(28)23(29)24-19-12-8-6-10-16(19)3/h7,9,11,13-14,16,19H,4-6,8,10,12,15H2,1-3H3,(H,24,29)/t16-,19+/m1/s1. The highest BCUT2D eigenvalue weighted by Gasteiger charge is 2.28. The zero-order valence-electron chi connectivity index (χ0n) is 17.6. The van der Waals surface area contributed by atoms with Gasteiger partial charge in [-0.2, -0.15) is 0 Å². The highest BCUT2D eigenvalue weighted by Crippen LogP contribution is 2.25. The summed E-state index contributed by atoms with van der Waals surface area (Å²) in [5, 5.41) is 3.65. The summed E-state index contributed by atoms with van der Waals surface area (Å²) in [6.45, 7) is 7.45. The average Bonchev–Trinajstić information content (AvgIpc) is 3.08. The summed E-state index contributed by atoms with van der Waals surface area (Å²) in [6.07, 6.45) is 5.90. The Morgan fingerprint density at radius 2 is 1.79 bits per heavy atom. The number of carbonyl (C=O) groups is 3. The third-order valence-corrected chi connectivity index (χ3v) is 6.09. The first-order chi connectivity index (χ1) is 14.0. The molecular formula is C23H31N3O3. The van der Waals surface area contributed by atoms with E-state index in [1.807, 2.05) is 38.1 Å². The lowest BCUT2D eigenvalue weighted by atomic mass is 9.86. The van der Waals surface area contributed by atoms with Gasteiger partial charge in [0.2, 0.25) is 5.91 Å². The van der Waals surface area contributed by atoms with Gasteiger partial charge in [-0.15, -0.1) is 0 Å². The lowest BCUT2D eigenvalue weighted by molar-refractivity contribution is -0.131. The first kappa shape index (κ1) is 21.1. The van der Waals surface area contributed by atoms with Gasteiger partial charge in [0.15, 0.2) is 0 Å². The molecule has 2 atom stereocenters. The fourth-order valence-corrected chi connectivity index (χ4v) is 4.27. The molecule has 3 rings (SSSR count). The van der Waals surface area contributed by atoms with E-state index >= 15 is 0 Å². The minimum atomic E-state index is -0.554. The van der Waals surface area contributed by atoms with Crippen LogP contribution in [0.25, 0.3) is 10.9 Å². The third-order valence-electron chi connectivity index (χ3n) is 6.09. The number of Topliss-reactive ketones (excluding diaryl/α,β-unsaturated/α-hetero) is 1. The van der Waals surface area contributed by atoms with Crippen LogP contribution in [0.1, 0.15) is 56.8 Å². The second-order valence-corrected chi connectivity index (χ2v) is 7.92. The van der Waals surface area contributed by atoms with Crippen molar-refractivity contribution in [3.8, 4) is 0 Å². The van der Waals surface area contributed by atoms with E-state index in [9.17, 15) is 14.4 Å². The van der Waals surface area contributed by atoms with Crippen LogP contribution in [-0.4, -0.2) is 46.2 Å². The van der Waals surface area contributed by atoms with Crippen molar-refractivity contribution in [1.29, 1.82) is 0 Å². The van der Waals surface area contributed by atoms with E-state index in [-0.39, 0.29) is 18.5 Å². The van der Waals surface area contributed by atoms with Gasteiger partial charge in [-0.25, -0.2) is 0 Å². The molecule has 156 valence electrons. The molecule has 6 heteroatoms. The third kappa shape index (κ3) is 4.52. The number of fused-ring (bicyclic) bond motifs is 1. The lowest BCUT2D eigenvalue weighted by Crippen LogP contribution is -2.44. The van der Waals surface area contributed by atoms with E-state index in [4.69, 9.17) is 0 Å². The highest BCUT2D eigenvalue weighted by molar-refractivity contribution is 6.45. The Hall–Kier alpha value is -2.63. The number of nitrogens with one attached hydrogen (secondary N) is 1. The SMILES string of the molecule is CCN(CC)C(=O)Cn1cc(C(=O)C(=O)N[C@H]2CCCC[C@H]2C)c2ccccc21. The fourth-order valence-electron chi connectivity index (χ4n) is 4.27. The molecule has 1 aliphatic rings. The van der Waals surface area contributed by atoms with Crippen LogP contribution in [0.5, 0.6) is 0 Å². The molecule has 0 spiro atoms. The molecule has 1 aliphatic carbocycles. The number of hydrogen-bond donors (Lipinski definition) is 1. The number of amides is 2. The number of rotatable bonds is 7. The Labute approximate surface area is 172 Å². The summed E-state index contributed by atoms with van der Waals surface area (Å²) in [7, 11) is 0. The smallest absolute Gasteiger partial charge is 0.292 e. The second kappa shape index (κ2) is 9.25. The van der Waals surface area contributed by atoms with Gasteiger partial charge in [0.05, 0.1) is 5.56 Å². The first-order valence-corrected chi connectivity index (χ1v) is 10.7. The first-order valence-electron chi connectivity index (χ1n) is 10.7. The fraction of sp³-hybridized carbons (Fsp3) is 0.522. The number of ketones is 1. The maximum Gasteiger partial charge on any atom is 0.292 e. The number of likely N-dealkylation sites (N-methyl/N-ethyl adjacent to an activating group) is 1. The molecule has 29 heavy (non-hydrogen) atoms.